The number of nitro benzene ring substituents is 1. The van der Waals surface area contributed by atoms with Gasteiger partial charge in [-0.25, -0.2) is 10.2 Å². The highest BCUT2D eigenvalue weighted by molar-refractivity contribution is 7.17. The molecule has 0 spiro atoms. The molecule has 1 heterocycles. The molecule has 0 atom stereocenters. The number of thiophene rings is 1. The maximum atomic E-state index is 12.4. The molecule has 2 aromatic rings. The number of esters is 1. The summed E-state index contributed by atoms with van der Waals surface area (Å²) in [5, 5.41) is 26.8. The van der Waals surface area contributed by atoms with E-state index in [9.17, 15) is 29.6 Å². The number of amides is 2. The Hall–Kier alpha value is -3.80. The molecule has 0 radical (unpaired) electrons. The number of hydrogen-bond donors (Lipinski definition) is 3. The molecule has 11 nitrogen and oxygen atoms in total. The van der Waals surface area contributed by atoms with Crippen molar-refractivity contribution in [1.82, 2.24) is 5.43 Å². The zero-order chi connectivity index (χ0) is 23.3. The third-order valence-corrected chi connectivity index (χ3v) is 5.88. The Morgan fingerprint density at radius 1 is 1.28 bits per heavy atom. The zero-order valence-corrected chi connectivity index (χ0v) is 17.9. The van der Waals surface area contributed by atoms with Crippen LogP contribution in [0, 0.1) is 10.1 Å². The van der Waals surface area contributed by atoms with Crippen LogP contribution in [0.2, 0.25) is 0 Å². The quantitative estimate of drug-likeness (QED) is 0.196. The van der Waals surface area contributed by atoms with Crippen LogP contribution in [0.25, 0.3) is 0 Å². The van der Waals surface area contributed by atoms with Crippen molar-refractivity contribution in [3.05, 3.63) is 49.9 Å². The number of aryl methyl sites for hydroxylation is 1. The minimum atomic E-state index is -1.12. The van der Waals surface area contributed by atoms with Gasteiger partial charge in [-0.15, -0.1) is 11.3 Å². The highest BCUT2D eigenvalue weighted by Crippen LogP contribution is 2.38. The van der Waals surface area contributed by atoms with Gasteiger partial charge in [0, 0.05) is 22.6 Å². The summed E-state index contributed by atoms with van der Waals surface area (Å²) in [5.74, 6) is -3.01. The van der Waals surface area contributed by atoms with Crippen LogP contribution in [-0.2, 0) is 27.2 Å². The topological polar surface area (TPSA) is 160 Å². The second-order valence-electron chi connectivity index (χ2n) is 6.79. The summed E-state index contributed by atoms with van der Waals surface area (Å²) in [6.45, 7) is 1.86. The maximum absolute atomic E-state index is 12.4. The molecule has 3 rings (SSSR count). The second kappa shape index (κ2) is 10.0. The number of phenols is 1. The second-order valence-corrected chi connectivity index (χ2v) is 7.89. The Morgan fingerprint density at radius 2 is 2.03 bits per heavy atom. The average Bonchev–Trinajstić information content (AvgIpc) is 3.12. The van der Waals surface area contributed by atoms with E-state index in [1.807, 2.05) is 5.43 Å². The van der Waals surface area contributed by atoms with Gasteiger partial charge in [-0.05, 0) is 44.2 Å². The molecule has 0 fully saturated rings. The number of nitro groups is 1. The van der Waals surface area contributed by atoms with Gasteiger partial charge in [0.25, 0.3) is 5.69 Å². The lowest BCUT2D eigenvalue weighted by Crippen LogP contribution is -2.32. The molecule has 0 aliphatic heterocycles. The highest BCUT2D eigenvalue weighted by atomic mass is 32.1. The first-order valence-electron chi connectivity index (χ1n) is 9.75. The van der Waals surface area contributed by atoms with Crippen molar-refractivity contribution in [2.24, 2.45) is 5.10 Å². The molecule has 0 saturated heterocycles. The predicted octanol–water partition coefficient (Wildman–Crippen LogP) is 2.51. The smallest absolute Gasteiger partial charge is 0.341 e. The molecule has 32 heavy (non-hydrogen) atoms. The van der Waals surface area contributed by atoms with Crippen LogP contribution in [0.1, 0.15) is 46.1 Å². The number of ether oxygens (including phenoxy) is 1. The standard InChI is InChI=1S/C20H20N4O7S/c1-2-31-20(28)16-13-5-3-4-6-15(13)32-19(16)22-17(26)18(27)23-21-10-11-9-12(24(29)30)7-8-14(11)25/h7-10,25H,2-6H2,1H3,(H,22,26)(H,23,27)/b21-10-. The van der Waals surface area contributed by atoms with E-state index < -0.39 is 22.7 Å². The van der Waals surface area contributed by atoms with Gasteiger partial charge in [-0.2, -0.15) is 5.10 Å². The van der Waals surface area contributed by atoms with E-state index in [1.54, 1.807) is 6.92 Å². The van der Waals surface area contributed by atoms with Crippen molar-refractivity contribution in [1.29, 1.82) is 0 Å². The third kappa shape index (κ3) is 5.09. The fraction of sp³-hybridized carbons (Fsp3) is 0.300. The first-order valence-corrected chi connectivity index (χ1v) is 10.6. The number of rotatable bonds is 6. The van der Waals surface area contributed by atoms with Crippen LogP contribution in [0.5, 0.6) is 5.75 Å². The van der Waals surface area contributed by atoms with E-state index >= 15 is 0 Å². The monoisotopic (exact) mass is 460 g/mol. The number of anilines is 1. The van der Waals surface area contributed by atoms with Gasteiger partial charge in [0.1, 0.15) is 10.8 Å². The SMILES string of the molecule is CCOC(=O)c1c(NC(=O)C(=O)N/N=C\c2cc([N+](=O)[O-])ccc2O)sc2c1CCCC2. The van der Waals surface area contributed by atoms with E-state index in [2.05, 4.69) is 10.4 Å². The molecule has 12 heteroatoms. The van der Waals surface area contributed by atoms with Gasteiger partial charge in [-0.1, -0.05) is 0 Å². The predicted molar refractivity (Wildman–Crippen MR) is 116 cm³/mol. The van der Waals surface area contributed by atoms with Crippen LogP contribution >= 0.6 is 11.3 Å². The van der Waals surface area contributed by atoms with Crippen molar-refractivity contribution in [3.63, 3.8) is 0 Å². The molecular formula is C20H20N4O7S. The minimum Gasteiger partial charge on any atom is -0.507 e. The number of carbonyl (C=O) groups excluding carboxylic acids is 3. The Balaban J connectivity index is 1.71. The third-order valence-electron chi connectivity index (χ3n) is 4.68. The number of hydrazone groups is 1. The van der Waals surface area contributed by atoms with Gasteiger partial charge >= 0.3 is 17.8 Å². The molecule has 3 N–H and O–H groups in total. The number of phenolic OH excluding ortho intramolecular Hbond substituents is 1. The van der Waals surface area contributed by atoms with Gasteiger partial charge in [0.05, 0.1) is 23.3 Å². The van der Waals surface area contributed by atoms with Crippen molar-refractivity contribution in [3.8, 4) is 5.75 Å². The molecule has 168 valence electrons. The molecular weight excluding hydrogens is 440 g/mol. The number of benzene rings is 1. The van der Waals surface area contributed by atoms with Gasteiger partial charge in [0.15, 0.2) is 0 Å². The van der Waals surface area contributed by atoms with Crippen molar-refractivity contribution >= 4 is 46.0 Å². The zero-order valence-electron chi connectivity index (χ0n) is 17.0. The fourth-order valence-electron chi connectivity index (χ4n) is 3.20. The minimum absolute atomic E-state index is 0.0181. The molecule has 1 aliphatic carbocycles. The summed E-state index contributed by atoms with van der Waals surface area (Å²) in [7, 11) is 0. The van der Waals surface area contributed by atoms with Crippen LogP contribution in [0.3, 0.4) is 0 Å². The van der Waals surface area contributed by atoms with Crippen molar-refractivity contribution in [2.45, 2.75) is 32.6 Å². The Kier molecular flexibility index (Phi) is 7.15. The van der Waals surface area contributed by atoms with Crippen LogP contribution < -0.4 is 10.7 Å². The summed E-state index contributed by atoms with van der Waals surface area (Å²) < 4.78 is 5.11. The van der Waals surface area contributed by atoms with Crippen LogP contribution in [0.4, 0.5) is 10.7 Å². The van der Waals surface area contributed by atoms with Crippen molar-refractivity contribution < 1.29 is 29.2 Å². The molecule has 2 amide bonds. The summed E-state index contributed by atoms with van der Waals surface area (Å²) in [6.07, 6.45) is 4.35. The lowest BCUT2D eigenvalue weighted by atomic mass is 9.95. The lowest BCUT2D eigenvalue weighted by molar-refractivity contribution is -0.384. The molecule has 1 aliphatic rings. The average molecular weight is 460 g/mol. The first-order chi connectivity index (χ1) is 15.3. The number of nitrogens with one attached hydrogen (secondary N) is 2. The Labute approximate surface area is 186 Å². The van der Waals surface area contributed by atoms with E-state index in [0.717, 1.165) is 54.1 Å². The van der Waals surface area contributed by atoms with Crippen molar-refractivity contribution in [2.75, 3.05) is 11.9 Å². The summed E-state index contributed by atoms with van der Waals surface area (Å²) in [6, 6.07) is 3.29. The molecule has 0 bridgehead atoms. The lowest BCUT2D eigenvalue weighted by Gasteiger charge is -2.12. The fourth-order valence-corrected chi connectivity index (χ4v) is 4.48. The van der Waals surface area contributed by atoms with E-state index in [-0.39, 0.29) is 34.2 Å². The van der Waals surface area contributed by atoms with Gasteiger partial charge in [-0.3, -0.25) is 19.7 Å². The van der Waals surface area contributed by atoms with Gasteiger partial charge in [0.2, 0.25) is 0 Å². The van der Waals surface area contributed by atoms with E-state index in [4.69, 9.17) is 4.74 Å². The first kappa shape index (κ1) is 22.9. The molecule has 0 saturated carbocycles. The normalized spacial score (nSPS) is 12.8. The number of aromatic hydroxyl groups is 1. The van der Waals surface area contributed by atoms with Crippen LogP contribution in [0.15, 0.2) is 23.3 Å². The largest absolute Gasteiger partial charge is 0.507 e. The highest BCUT2D eigenvalue weighted by Gasteiger charge is 2.28. The maximum Gasteiger partial charge on any atom is 0.341 e. The van der Waals surface area contributed by atoms with Crippen LogP contribution in [-0.4, -0.2) is 40.6 Å². The number of nitrogens with zero attached hydrogens (tertiary/aromatic N) is 2. The molecule has 0 unspecified atom stereocenters. The number of fused-ring (bicyclic) bond motifs is 1. The Morgan fingerprint density at radius 3 is 2.75 bits per heavy atom. The van der Waals surface area contributed by atoms with E-state index in [1.165, 1.54) is 11.3 Å². The van der Waals surface area contributed by atoms with Gasteiger partial charge < -0.3 is 15.2 Å². The summed E-state index contributed by atoms with van der Waals surface area (Å²) in [5.41, 5.74) is 2.81. The Bertz CT molecular complexity index is 1110. The molecule has 1 aromatic heterocycles. The summed E-state index contributed by atoms with van der Waals surface area (Å²) >= 11 is 1.24. The number of hydrogen-bond acceptors (Lipinski definition) is 9. The molecule has 1 aromatic carbocycles. The van der Waals surface area contributed by atoms with E-state index in [0.29, 0.717) is 6.42 Å². The summed E-state index contributed by atoms with van der Waals surface area (Å²) in [4.78, 5) is 48.0. The number of carbonyl (C=O) groups is 3. The number of non-ortho nitro benzene ring substituents is 1.